The molecule has 1 aromatic carbocycles. The minimum Gasteiger partial charge on any atom is -0.330 e. The van der Waals surface area contributed by atoms with Crippen LogP contribution in [0, 0.1) is 5.92 Å². The van der Waals surface area contributed by atoms with E-state index in [0.29, 0.717) is 43.6 Å². The second-order valence-corrected chi connectivity index (χ2v) is 7.06. The van der Waals surface area contributed by atoms with Crippen LogP contribution in [0.4, 0.5) is 0 Å². The van der Waals surface area contributed by atoms with Crippen molar-refractivity contribution in [3.8, 4) is 0 Å². The number of nitrogens with zero attached hydrogens (tertiary/aromatic N) is 1. The molecule has 7 heteroatoms. The number of hydrogen-bond donors (Lipinski definition) is 3. The predicted octanol–water partition coefficient (Wildman–Crippen LogP) is -0.116. The molecule has 3 aliphatic rings. The van der Waals surface area contributed by atoms with Crippen molar-refractivity contribution in [1.82, 2.24) is 15.5 Å². The molecule has 0 aromatic heterocycles. The zero-order valence-corrected chi connectivity index (χ0v) is 14.0. The summed E-state index contributed by atoms with van der Waals surface area (Å²) in [5, 5.41) is 5.83. The minimum absolute atomic E-state index is 0.127. The third-order valence-corrected chi connectivity index (χ3v) is 5.46. The van der Waals surface area contributed by atoms with E-state index < -0.39 is 6.04 Å². The van der Waals surface area contributed by atoms with Gasteiger partial charge in [0.15, 0.2) is 0 Å². The number of nitrogens with two attached hydrogens (primary N) is 1. The fraction of sp³-hybridized carbons (Fsp3) is 0.500. The highest BCUT2D eigenvalue weighted by atomic mass is 16.2. The summed E-state index contributed by atoms with van der Waals surface area (Å²) in [5.41, 5.74) is 8.40. The van der Waals surface area contributed by atoms with E-state index in [9.17, 15) is 14.4 Å². The van der Waals surface area contributed by atoms with Gasteiger partial charge >= 0.3 is 0 Å². The smallest absolute Gasteiger partial charge is 0.255 e. The summed E-state index contributed by atoms with van der Waals surface area (Å²) in [7, 11) is 0. The molecule has 0 radical (unpaired) electrons. The third kappa shape index (κ3) is 2.94. The molecule has 1 aromatic rings. The second kappa shape index (κ2) is 6.24. The SMILES string of the molecule is NCC1CC1NCc1cccc2c1CN(C1CCC(=O)NC1=O)C2=O. The molecule has 4 rings (SSSR count). The summed E-state index contributed by atoms with van der Waals surface area (Å²) < 4.78 is 0. The number of hydrogen-bond acceptors (Lipinski definition) is 5. The molecule has 7 nitrogen and oxygen atoms in total. The molecule has 25 heavy (non-hydrogen) atoms. The topological polar surface area (TPSA) is 105 Å². The first-order valence-electron chi connectivity index (χ1n) is 8.77. The first-order valence-corrected chi connectivity index (χ1v) is 8.77. The summed E-state index contributed by atoms with van der Waals surface area (Å²) in [5.74, 6) is -0.217. The van der Waals surface area contributed by atoms with E-state index in [1.165, 1.54) is 0 Å². The van der Waals surface area contributed by atoms with Crippen LogP contribution in [0.25, 0.3) is 0 Å². The predicted molar refractivity (Wildman–Crippen MR) is 90.3 cm³/mol. The lowest BCUT2D eigenvalue weighted by Crippen LogP contribution is -2.52. The molecule has 3 unspecified atom stereocenters. The average molecular weight is 342 g/mol. The largest absolute Gasteiger partial charge is 0.330 e. The Morgan fingerprint density at radius 3 is 2.84 bits per heavy atom. The van der Waals surface area contributed by atoms with Gasteiger partial charge in [-0.1, -0.05) is 12.1 Å². The number of benzene rings is 1. The van der Waals surface area contributed by atoms with Gasteiger partial charge in [0.1, 0.15) is 6.04 Å². The normalized spacial score (nSPS) is 28.1. The molecule has 4 N–H and O–H groups in total. The van der Waals surface area contributed by atoms with Crippen LogP contribution >= 0.6 is 0 Å². The van der Waals surface area contributed by atoms with Gasteiger partial charge in [-0.3, -0.25) is 19.7 Å². The fourth-order valence-electron chi connectivity index (χ4n) is 3.81. The molecular formula is C18H22N4O3. The van der Waals surface area contributed by atoms with Crippen LogP contribution in [0.15, 0.2) is 18.2 Å². The zero-order chi connectivity index (χ0) is 17.6. The summed E-state index contributed by atoms with van der Waals surface area (Å²) in [6.07, 6.45) is 1.76. The Hall–Kier alpha value is -2.25. The molecule has 0 bridgehead atoms. The lowest BCUT2D eigenvalue weighted by molar-refractivity contribution is -0.136. The van der Waals surface area contributed by atoms with E-state index in [-0.39, 0.29) is 24.1 Å². The molecule has 1 saturated carbocycles. The highest BCUT2D eigenvalue weighted by molar-refractivity contribution is 6.05. The van der Waals surface area contributed by atoms with E-state index in [0.717, 1.165) is 17.5 Å². The van der Waals surface area contributed by atoms with E-state index >= 15 is 0 Å². The maximum atomic E-state index is 12.7. The molecule has 2 heterocycles. The van der Waals surface area contributed by atoms with Crippen LogP contribution in [-0.2, 0) is 22.7 Å². The van der Waals surface area contributed by atoms with Gasteiger partial charge in [0, 0.05) is 31.1 Å². The first-order chi connectivity index (χ1) is 12.1. The maximum Gasteiger partial charge on any atom is 0.255 e. The third-order valence-electron chi connectivity index (χ3n) is 5.46. The lowest BCUT2D eigenvalue weighted by Gasteiger charge is -2.29. The highest BCUT2D eigenvalue weighted by Crippen LogP contribution is 2.32. The van der Waals surface area contributed by atoms with Crippen molar-refractivity contribution >= 4 is 17.7 Å². The van der Waals surface area contributed by atoms with Crippen LogP contribution in [0.2, 0.25) is 0 Å². The van der Waals surface area contributed by atoms with Gasteiger partial charge in [0.05, 0.1) is 0 Å². The quantitative estimate of drug-likeness (QED) is 0.648. The average Bonchev–Trinajstić information content (AvgIpc) is 3.29. The van der Waals surface area contributed by atoms with Gasteiger partial charge in [-0.2, -0.15) is 0 Å². The maximum absolute atomic E-state index is 12.7. The van der Waals surface area contributed by atoms with E-state index in [1.54, 1.807) is 4.90 Å². The number of imide groups is 1. The minimum atomic E-state index is -0.566. The van der Waals surface area contributed by atoms with Crippen LogP contribution < -0.4 is 16.4 Å². The van der Waals surface area contributed by atoms with E-state index in [4.69, 9.17) is 5.73 Å². The summed E-state index contributed by atoms with van der Waals surface area (Å²) in [6.45, 7) is 1.82. The zero-order valence-electron chi connectivity index (χ0n) is 14.0. The summed E-state index contributed by atoms with van der Waals surface area (Å²) in [6, 6.07) is 5.61. The Morgan fingerprint density at radius 1 is 1.28 bits per heavy atom. The molecule has 3 atom stereocenters. The standard InChI is InChI=1S/C18H22N4O3/c19-7-11-6-14(11)20-8-10-2-1-3-12-13(10)9-22(18(12)25)15-4-5-16(23)21-17(15)24/h1-3,11,14-15,20H,4-9,19H2,(H,21,23,24). The Kier molecular flexibility index (Phi) is 4.05. The monoisotopic (exact) mass is 342 g/mol. The molecular weight excluding hydrogens is 320 g/mol. The Labute approximate surface area is 145 Å². The van der Waals surface area contributed by atoms with Crippen molar-refractivity contribution in [2.24, 2.45) is 11.7 Å². The number of nitrogens with one attached hydrogen (secondary N) is 2. The molecule has 1 saturated heterocycles. The first kappa shape index (κ1) is 16.2. The van der Waals surface area contributed by atoms with Crippen molar-refractivity contribution in [2.75, 3.05) is 6.54 Å². The van der Waals surface area contributed by atoms with E-state index in [2.05, 4.69) is 10.6 Å². The summed E-state index contributed by atoms with van der Waals surface area (Å²) in [4.78, 5) is 37.8. The number of amides is 3. The van der Waals surface area contributed by atoms with Gasteiger partial charge in [-0.05, 0) is 42.5 Å². The number of fused-ring (bicyclic) bond motifs is 1. The fourth-order valence-corrected chi connectivity index (χ4v) is 3.81. The van der Waals surface area contributed by atoms with Crippen LogP contribution in [0.5, 0.6) is 0 Å². The number of carbonyl (C=O) groups excluding carboxylic acids is 3. The molecule has 132 valence electrons. The molecule has 1 aliphatic carbocycles. The van der Waals surface area contributed by atoms with Gasteiger partial charge in [0.2, 0.25) is 11.8 Å². The highest BCUT2D eigenvalue weighted by Gasteiger charge is 2.40. The van der Waals surface area contributed by atoms with Gasteiger partial charge in [0.25, 0.3) is 5.91 Å². The molecule has 0 spiro atoms. The molecule has 2 fully saturated rings. The summed E-state index contributed by atoms with van der Waals surface area (Å²) >= 11 is 0. The van der Waals surface area contributed by atoms with Crippen molar-refractivity contribution in [3.63, 3.8) is 0 Å². The van der Waals surface area contributed by atoms with Crippen molar-refractivity contribution in [2.45, 2.75) is 44.4 Å². The van der Waals surface area contributed by atoms with Crippen LogP contribution in [0.3, 0.4) is 0 Å². The van der Waals surface area contributed by atoms with Crippen molar-refractivity contribution in [1.29, 1.82) is 0 Å². The molecule has 2 aliphatic heterocycles. The second-order valence-electron chi connectivity index (χ2n) is 7.06. The lowest BCUT2D eigenvalue weighted by atomic mass is 10.0. The van der Waals surface area contributed by atoms with Crippen LogP contribution in [-0.4, -0.2) is 41.2 Å². The van der Waals surface area contributed by atoms with E-state index in [1.807, 2.05) is 18.2 Å². The molecule has 3 amide bonds. The number of rotatable bonds is 5. The Balaban J connectivity index is 1.50. The van der Waals surface area contributed by atoms with Gasteiger partial charge < -0.3 is 16.0 Å². The van der Waals surface area contributed by atoms with Crippen molar-refractivity contribution < 1.29 is 14.4 Å². The van der Waals surface area contributed by atoms with Gasteiger partial charge in [-0.25, -0.2) is 0 Å². The van der Waals surface area contributed by atoms with Crippen LogP contribution in [0.1, 0.15) is 40.7 Å². The number of carbonyl (C=O) groups is 3. The Bertz CT molecular complexity index is 748. The Morgan fingerprint density at radius 2 is 2.12 bits per heavy atom. The van der Waals surface area contributed by atoms with Crippen molar-refractivity contribution in [3.05, 3.63) is 34.9 Å². The van der Waals surface area contributed by atoms with Gasteiger partial charge in [-0.15, -0.1) is 0 Å². The number of piperidine rings is 1.